The summed E-state index contributed by atoms with van der Waals surface area (Å²) >= 11 is 0. The number of carbonyl (C=O) groups excluding carboxylic acids is 1. The molecular weight excluding hydrogens is 400 g/mol. The van der Waals surface area contributed by atoms with Gasteiger partial charge in [0.2, 0.25) is 15.9 Å². The van der Waals surface area contributed by atoms with Gasteiger partial charge in [-0.05, 0) is 81.3 Å². The molecular formula is C23H32N2O4S. The smallest absolute Gasteiger partial charge is 0.243 e. The molecule has 4 aliphatic rings. The van der Waals surface area contributed by atoms with Crippen molar-refractivity contribution in [3.8, 4) is 0 Å². The molecule has 3 aliphatic carbocycles. The van der Waals surface area contributed by atoms with Crippen LogP contribution in [0.3, 0.4) is 0 Å². The Morgan fingerprint density at radius 1 is 1.03 bits per heavy atom. The number of fused-ring (bicyclic) bond motifs is 2. The van der Waals surface area contributed by atoms with Gasteiger partial charge in [-0.15, -0.1) is 0 Å². The molecule has 0 spiro atoms. The fourth-order valence-corrected chi connectivity index (χ4v) is 8.19. The average Bonchev–Trinajstić information content (AvgIpc) is 2.92. The van der Waals surface area contributed by atoms with E-state index in [2.05, 4.69) is 5.32 Å². The first-order chi connectivity index (χ1) is 14.3. The van der Waals surface area contributed by atoms with Crippen molar-refractivity contribution in [1.82, 2.24) is 9.62 Å². The number of rotatable bonds is 4. The van der Waals surface area contributed by atoms with Crippen molar-refractivity contribution in [3.05, 3.63) is 30.3 Å². The van der Waals surface area contributed by atoms with Crippen LogP contribution in [-0.4, -0.2) is 48.5 Å². The predicted octanol–water partition coefficient (Wildman–Crippen LogP) is 2.53. The van der Waals surface area contributed by atoms with E-state index in [1.54, 1.807) is 30.3 Å². The van der Waals surface area contributed by atoms with E-state index in [0.717, 1.165) is 32.1 Å². The van der Waals surface area contributed by atoms with Crippen LogP contribution >= 0.6 is 0 Å². The highest BCUT2D eigenvalue weighted by atomic mass is 32.2. The van der Waals surface area contributed by atoms with Crippen LogP contribution in [0.1, 0.15) is 51.4 Å². The lowest BCUT2D eigenvalue weighted by atomic mass is 9.77. The summed E-state index contributed by atoms with van der Waals surface area (Å²) in [5, 5.41) is 14.2. The number of carbonyl (C=O) groups is 1. The molecule has 0 aromatic heterocycles. The molecule has 3 unspecified atom stereocenters. The molecule has 5 rings (SSSR count). The monoisotopic (exact) mass is 432 g/mol. The standard InChI is InChI=1S/C23H32N2O4S/c26-22(24-21-7-6-16-12-18-14-23(27,13-16)15-20(18)21)17-8-10-25(11-9-17)30(28,29)19-4-2-1-3-5-19/h1-5,16-18,20-21,27H,6-15H2,(H,24,26)/t16-,18-,20?,21?,23?/m0/s1. The minimum absolute atomic E-state index is 0.0740. The number of amides is 1. The summed E-state index contributed by atoms with van der Waals surface area (Å²) in [5.74, 6) is 1.48. The molecule has 2 N–H and O–H groups in total. The molecule has 1 aromatic rings. The van der Waals surface area contributed by atoms with Gasteiger partial charge in [0.15, 0.2) is 0 Å². The molecule has 1 saturated heterocycles. The van der Waals surface area contributed by atoms with Crippen LogP contribution in [0.4, 0.5) is 0 Å². The van der Waals surface area contributed by atoms with E-state index < -0.39 is 15.6 Å². The fourth-order valence-electron chi connectivity index (χ4n) is 6.70. The van der Waals surface area contributed by atoms with Gasteiger partial charge >= 0.3 is 0 Å². The zero-order valence-corrected chi connectivity index (χ0v) is 18.2. The highest BCUT2D eigenvalue weighted by Crippen LogP contribution is 2.55. The van der Waals surface area contributed by atoms with E-state index in [-0.39, 0.29) is 17.9 Å². The summed E-state index contributed by atoms with van der Waals surface area (Å²) in [6, 6.07) is 8.67. The molecule has 30 heavy (non-hydrogen) atoms. The third-order valence-corrected chi connectivity index (χ3v) is 10.0. The summed E-state index contributed by atoms with van der Waals surface area (Å²) in [6.45, 7) is 0.766. The lowest BCUT2D eigenvalue weighted by Gasteiger charge is -2.34. The molecule has 3 bridgehead atoms. The van der Waals surface area contributed by atoms with Crippen LogP contribution in [0.25, 0.3) is 0 Å². The predicted molar refractivity (Wildman–Crippen MR) is 113 cm³/mol. The Morgan fingerprint density at radius 2 is 1.77 bits per heavy atom. The fraction of sp³-hybridized carbons (Fsp3) is 0.696. The maximum atomic E-state index is 13.0. The summed E-state index contributed by atoms with van der Waals surface area (Å²) in [5.41, 5.74) is -0.501. The molecule has 4 fully saturated rings. The van der Waals surface area contributed by atoms with Crippen LogP contribution in [-0.2, 0) is 14.8 Å². The first-order valence-electron chi connectivity index (χ1n) is 11.4. The van der Waals surface area contributed by atoms with Crippen molar-refractivity contribution < 1.29 is 18.3 Å². The Hall–Kier alpha value is -1.44. The highest BCUT2D eigenvalue weighted by Gasteiger charge is 2.53. The topological polar surface area (TPSA) is 86.7 Å². The first-order valence-corrected chi connectivity index (χ1v) is 12.9. The molecule has 1 aromatic carbocycles. The molecule has 1 aliphatic heterocycles. The Kier molecular flexibility index (Phi) is 5.19. The van der Waals surface area contributed by atoms with Crippen LogP contribution in [0.2, 0.25) is 0 Å². The van der Waals surface area contributed by atoms with Gasteiger partial charge < -0.3 is 10.4 Å². The van der Waals surface area contributed by atoms with E-state index in [1.807, 2.05) is 0 Å². The number of hydrogen-bond donors (Lipinski definition) is 2. The van der Waals surface area contributed by atoms with Crippen molar-refractivity contribution >= 4 is 15.9 Å². The first kappa shape index (κ1) is 20.5. The van der Waals surface area contributed by atoms with Crippen molar-refractivity contribution in [2.24, 2.45) is 23.7 Å². The quantitative estimate of drug-likeness (QED) is 0.766. The minimum atomic E-state index is -3.49. The number of piperidine rings is 1. The van der Waals surface area contributed by atoms with Crippen LogP contribution < -0.4 is 5.32 Å². The second-order valence-corrected chi connectivity index (χ2v) is 12.0. The maximum Gasteiger partial charge on any atom is 0.243 e. The summed E-state index contributed by atoms with van der Waals surface area (Å²) in [4.78, 5) is 13.3. The van der Waals surface area contributed by atoms with Gasteiger partial charge in [-0.1, -0.05) is 18.2 Å². The van der Waals surface area contributed by atoms with Crippen molar-refractivity contribution in [2.45, 2.75) is 67.9 Å². The van der Waals surface area contributed by atoms with Gasteiger partial charge in [-0.2, -0.15) is 4.31 Å². The molecule has 164 valence electrons. The number of hydrogen-bond acceptors (Lipinski definition) is 4. The van der Waals surface area contributed by atoms with Crippen molar-refractivity contribution in [3.63, 3.8) is 0 Å². The molecule has 5 atom stereocenters. The molecule has 6 nitrogen and oxygen atoms in total. The maximum absolute atomic E-state index is 13.0. The molecule has 1 amide bonds. The SMILES string of the molecule is O=C(NC1CC[C@H]2C[C@H]3CC(O)(CC13)C2)C1CCN(S(=O)(=O)c2ccccc2)CC1. The van der Waals surface area contributed by atoms with Crippen LogP contribution in [0.5, 0.6) is 0 Å². The van der Waals surface area contributed by atoms with Gasteiger partial charge in [0.05, 0.1) is 10.5 Å². The van der Waals surface area contributed by atoms with E-state index in [0.29, 0.717) is 48.6 Å². The van der Waals surface area contributed by atoms with E-state index in [9.17, 15) is 18.3 Å². The Balaban J connectivity index is 1.20. The third kappa shape index (κ3) is 3.69. The highest BCUT2D eigenvalue weighted by molar-refractivity contribution is 7.89. The van der Waals surface area contributed by atoms with Crippen LogP contribution in [0.15, 0.2) is 35.2 Å². The van der Waals surface area contributed by atoms with Crippen molar-refractivity contribution in [2.75, 3.05) is 13.1 Å². The Morgan fingerprint density at radius 3 is 2.50 bits per heavy atom. The van der Waals surface area contributed by atoms with Gasteiger partial charge in [-0.3, -0.25) is 4.79 Å². The van der Waals surface area contributed by atoms with E-state index in [1.165, 1.54) is 10.7 Å². The summed E-state index contributed by atoms with van der Waals surface area (Å²) in [6.07, 6.45) is 7.09. The molecule has 3 saturated carbocycles. The number of sulfonamides is 1. The number of benzene rings is 1. The van der Waals surface area contributed by atoms with Gasteiger partial charge in [0, 0.05) is 25.0 Å². The molecule has 1 heterocycles. The van der Waals surface area contributed by atoms with E-state index in [4.69, 9.17) is 0 Å². The Labute approximate surface area is 179 Å². The number of nitrogens with zero attached hydrogens (tertiary/aromatic N) is 1. The normalized spacial score (nSPS) is 37.1. The summed E-state index contributed by atoms with van der Waals surface area (Å²) < 4.78 is 27.1. The largest absolute Gasteiger partial charge is 0.390 e. The lowest BCUT2D eigenvalue weighted by molar-refractivity contribution is -0.127. The molecule has 0 radical (unpaired) electrons. The van der Waals surface area contributed by atoms with Crippen LogP contribution in [0, 0.1) is 23.7 Å². The number of aliphatic hydroxyl groups is 1. The van der Waals surface area contributed by atoms with Gasteiger partial charge in [0.1, 0.15) is 0 Å². The lowest BCUT2D eigenvalue weighted by Crippen LogP contribution is -2.47. The second-order valence-electron chi connectivity index (χ2n) is 10.0. The van der Waals surface area contributed by atoms with Crippen molar-refractivity contribution in [1.29, 1.82) is 0 Å². The van der Waals surface area contributed by atoms with E-state index >= 15 is 0 Å². The average molecular weight is 433 g/mol. The minimum Gasteiger partial charge on any atom is -0.390 e. The van der Waals surface area contributed by atoms with Gasteiger partial charge in [0.25, 0.3) is 0 Å². The summed E-state index contributed by atoms with van der Waals surface area (Å²) in [7, 11) is -3.49. The van der Waals surface area contributed by atoms with Gasteiger partial charge in [-0.25, -0.2) is 8.42 Å². The number of nitrogens with one attached hydrogen (secondary N) is 1. The Bertz CT molecular complexity index is 897. The zero-order chi connectivity index (χ0) is 20.9. The second kappa shape index (κ2) is 7.61. The zero-order valence-electron chi connectivity index (χ0n) is 17.4. The third-order valence-electron chi connectivity index (χ3n) is 8.10. The molecule has 7 heteroatoms.